The minimum Gasteiger partial charge on any atom is -0.370 e. The highest BCUT2D eigenvalue weighted by molar-refractivity contribution is 7.99. The van der Waals surface area contributed by atoms with Crippen molar-refractivity contribution in [1.29, 1.82) is 0 Å². The van der Waals surface area contributed by atoms with Gasteiger partial charge in [-0.05, 0) is 36.7 Å². The molecule has 2 rings (SSSR count). The van der Waals surface area contributed by atoms with E-state index in [0.29, 0.717) is 12.0 Å². The molecule has 1 aliphatic heterocycles. The van der Waals surface area contributed by atoms with Crippen molar-refractivity contribution in [2.75, 3.05) is 28.7 Å². The molecule has 1 fully saturated rings. The third kappa shape index (κ3) is 4.01. The minimum atomic E-state index is 0.413. The number of nitrogens with zero attached hydrogens (tertiary/aromatic N) is 2. The molecule has 1 aliphatic rings. The Balaban J connectivity index is 2.17. The Kier molecular flexibility index (Phi) is 5.95. The highest BCUT2D eigenvalue weighted by Gasteiger charge is 2.19. The van der Waals surface area contributed by atoms with E-state index in [1.807, 2.05) is 11.8 Å². The predicted molar refractivity (Wildman–Crippen MR) is 88.9 cm³/mol. The Morgan fingerprint density at radius 3 is 2.60 bits per heavy atom. The lowest BCUT2D eigenvalue weighted by atomic mass is 10.0. The molecule has 1 aromatic heterocycles. The van der Waals surface area contributed by atoms with Crippen LogP contribution in [-0.4, -0.2) is 34.1 Å². The minimum absolute atomic E-state index is 0.413. The van der Waals surface area contributed by atoms with Gasteiger partial charge in [0.05, 0.1) is 0 Å². The van der Waals surface area contributed by atoms with E-state index < -0.39 is 0 Å². The first kappa shape index (κ1) is 15.4. The molecule has 4 nitrogen and oxygen atoms in total. The van der Waals surface area contributed by atoms with Crippen LogP contribution < -0.4 is 10.6 Å². The molecule has 20 heavy (non-hydrogen) atoms. The van der Waals surface area contributed by atoms with Gasteiger partial charge < -0.3 is 10.6 Å². The number of aromatic nitrogens is 2. The third-order valence-electron chi connectivity index (χ3n) is 3.57. The second-order valence-electron chi connectivity index (χ2n) is 5.60. The van der Waals surface area contributed by atoms with Gasteiger partial charge in [0.15, 0.2) is 0 Å². The summed E-state index contributed by atoms with van der Waals surface area (Å²) in [4.78, 5) is 8.92. The number of anilines is 2. The molecule has 1 saturated heterocycles. The number of hydrogen-bond donors (Lipinski definition) is 2. The Hall–Kier alpha value is -0.970. The van der Waals surface area contributed by atoms with Crippen molar-refractivity contribution in [3.8, 4) is 0 Å². The molecule has 2 heterocycles. The van der Waals surface area contributed by atoms with E-state index in [4.69, 9.17) is 0 Å². The molecule has 2 N–H and O–H groups in total. The van der Waals surface area contributed by atoms with Gasteiger partial charge in [0.1, 0.15) is 18.0 Å². The molecule has 0 atom stereocenters. The lowest BCUT2D eigenvalue weighted by Gasteiger charge is -2.25. The highest BCUT2D eigenvalue weighted by Crippen LogP contribution is 2.30. The number of thioether (sulfide) groups is 1. The first-order valence-electron chi connectivity index (χ1n) is 7.65. The van der Waals surface area contributed by atoms with Gasteiger partial charge in [-0.2, -0.15) is 11.8 Å². The zero-order chi connectivity index (χ0) is 14.4. The Morgan fingerprint density at radius 1 is 1.25 bits per heavy atom. The van der Waals surface area contributed by atoms with Crippen molar-refractivity contribution in [2.45, 2.75) is 52.0 Å². The molecule has 0 radical (unpaired) electrons. The highest BCUT2D eigenvalue weighted by atomic mass is 32.2. The lowest BCUT2D eigenvalue weighted by Crippen LogP contribution is -2.26. The summed E-state index contributed by atoms with van der Waals surface area (Å²) in [5.74, 6) is 4.92. The van der Waals surface area contributed by atoms with Gasteiger partial charge >= 0.3 is 0 Å². The first-order chi connectivity index (χ1) is 9.72. The van der Waals surface area contributed by atoms with Crippen molar-refractivity contribution >= 4 is 23.4 Å². The van der Waals surface area contributed by atoms with Crippen LogP contribution in [-0.2, 0) is 0 Å². The summed E-state index contributed by atoms with van der Waals surface area (Å²) in [6.07, 6.45) is 5.22. The van der Waals surface area contributed by atoms with Gasteiger partial charge in [0.25, 0.3) is 0 Å². The van der Waals surface area contributed by atoms with E-state index in [-0.39, 0.29) is 0 Å². The molecule has 0 saturated carbocycles. The fourth-order valence-electron chi connectivity index (χ4n) is 2.48. The van der Waals surface area contributed by atoms with E-state index in [0.717, 1.165) is 24.6 Å². The molecule has 5 heteroatoms. The van der Waals surface area contributed by atoms with Gasteiger partial charge in [-0.1, -0.05) is 20.8 Å². The Labute approximate surface area is 126 Å². The van der Waals surface area contributed by atoms with Crippen molar-refractivity contribution in [1.82, 2.24) is 9.97 Å². The second-order valence-corrected chi connectivity index (χ2v) is 6.82. The zero-order valence-electron chi connectivity index (χ0n) is 12.8. The molecular weight excluding hydrogens is 268 g/mol. The van der Waals surface area contributed by atoms with E-state index in [2.05, 4.69) is 41.4 Å². The number of nitrogens with one attached hydrogen (secondary N) is 2. The van der Waals surface area contributed by atoms with Crippen LogP contribution in [0, 0.1) is 0 Å². The maximum absolute atomic E-state index is 4.49. The fourth-order valence-corrected chi connectivity index (χ4v) is 3.58. The summed E-state index contributed by atoms with van der Waals surface area (Å²) in [6, 6.07) is 0.558. The molecule has 1 aromatic rings. The molecule has 0 aromatic carbocycles. The maximum atomic E-state index is 4.49. The van der Waals surface area contributed by atoms with Gasteiger partial charge in [0.2, 0.25) is 0 Å². The Morgan fingerprint density at radius 2 is 1.95 bits per heavy atom. The van der Waals surface area contributed by atoms with Crippen LogP contribution in [0.4, 0.5) is 11.6 Å². The topological polar surface area (TPSA) is 49.8 Å². The average molecular weight is 294 g/mol. The Bertz CT molecular complexity index is 416. The zero-order valence-corrected chi connectivity index (χ0v) is 13.6. The lowest BCUT2D eigenvalue weighted by molar-refractivity contribution is 0.660. The normalized spacial score (nSPS) is 16.4. The number of hydrogen-bond acceptors (Lipinski definition) is 5. The van der Waals surface area contributed by atoms with Crippen LogP contribution in [0.5, 0.6) is 0 Å². The summed E-state index contributed by atoms with van der Waals surface area (Å²) in [5.41, 5.74) is 1.22. The second kappa shape index (κ2) is 7.72. The smallest absolute Gasteiger partial charge is 0.135 e. The van der Waals surface area contributed by atoms with Crippen LogP contribution in [0.25, 0.3) is 0 Å². The number of rotatable bonds is 6. The quantitative estimate of drug-likeness (QED) is 0.837. The maximum Gasteiger partial charge on any atom is 0.135 e. The van der Waals surface area contributed by atoms with Crippen molar-refractivity contribution in [2.24, 2.45) is 0 Å². The van der Waals surface area contributed by atoms with Crippen LogP contribution in [0.2, 0.25) is 0 Å². The molecule has 0 aliphatic carbocycles. The average Bonchev–Trinajstić information content (AvgIpc) is 2.46. The summed E-state index contributed by atoms with van der Waals surface area (Å²) >= 11 is 2.05. The fraction of sp³-hybridized carbons (Fsp3) is 0.733. The van der Waals surface area contributed by atoms with Crippen LogP contribution in [0.3, 0.4) is 0 Å². The van der Waals surface area contributed by atoms with Crippen molar-refractivity contribution in [3.05, 3.63) is 11.9 Å². The standard InChI is InChI=1S/C15H26N4S/c1-4-7-16-14-13(11(2)3)15(18-10-17-14)19-12-5-8-20-9-6-12/h10-12H,4-9H2,1-3H3,(H2,16,17,18,19). The van der Waals surface area contributed by atoms with E-state index in [1.165, 1.54) is 29.9 Å². The molecule has 112 valence electrons. The third-order valence-corrected chi connectivity index (χ3v) is 4.61. The van der Waals surface area contributed by atoms with E-state index >= 15 is 0 Å². The summed E-state index contributed by atoms with van der Waals surface area (Å²) in [5, 5.41) is 7.07. The van der Waals surface area contributed by atoms with E-state index in [9.17, 15) is 0 Å². The van der Waals surface area contributed by atoms with Crippen molar-refractivity contribution in [3.63, 3.8) is 0 Å². The molecule has 0 bridgehead atoms. The van der Waals surface area contributed by atoms with Gasteiger partial charge in [-0.3, -0.25) is 0 Å². The SMILES string of the molecule is CCCNc1ncnc(NC2CCSCC2)c1C(C)C. The van der Waals surface area contributed by atoms with Gasteiger partial charge in [-0.25, -0.2) is 9.97 Å². The summed E-state index contributed by atoms with van der Waals surface area (Å²) in [7, 11) is 0. The van der Waals surface area contributed by atoms with Crippen LogP contribution >= 0.6 is 11.8 Å². The van der Waals surface area contributed by atoms with Crippen LogP contribution in [0.1, 0.15) is 51.5 Å². The van der Waals surface area contributed by atoms with Crippen molar-refractivity contribution < 1.29 is 0 Å². The first-order valence-corrected chi connectivity index (χ1v) is 8.80. The van der Waals surface area contributed by atoms with Crippen LogP contribution in [0.15, 0.2) is 6.33 Å². The van der Waals surface area contributed by atoms with E-state index in [1.54, 1.807) is 6.33 Å². The molecule has 0 unspecified atom stereocenters. The molecular formula is C15H26N4S. The largest absolute Gasteiger partial charge is 0.370 e. The molecule has 0 amide bonds. The summed E-state index contributed by atoms with van der Waals surface area (Å²) < 4.78 is 0. The molecule has 0 spiro atoms. The summed E-state index contributed by atoms with van der Waals surface area (Å²) in [6.45, 7) is 7.54. The monoisotopic (exact) mass is 294 g/mol. The predicted octanol–water partition coefficient (Wildman–Crippen LogP) is 3.73. The van der Waals surface area contributed by atoms with Gasteiger partial charge in [0, 0.05) is 18.2 Å². The van der Waals surface area contributed by atoms with Gasteiger partial charge in [-0.15, -0.1) is 0 Å².